The van der Waals surface area contributed by atoms with E-state index in [0.717, 1.165) is 80.1 Å². The maximum atomic E-state index is 15.9. The number of aryl methyl sites for hydroxylation is 1. The molecule has 10 nitrogen and oxygen atoms in total. The van der Waals surface area contributed by atoms with Gasteiger partial charge in [0.1, 0.15) is 18.0 Å². The summed E-state index contributed by atoms with van der Waals surface area (Å²) in [5, 5.41) is 72.8. The van der Waals surface area contributed by atoms with Crippen LogP contribution in [0.1, 0.15) is 156 Å². The molecule has 24 atom stereocenters. The zero-order chi connectivity index (χ0) is 57.3. The molecule has 17 rings (SSSR count). The highest BCUT2D eigenvalue weighted by Crippen LogP contribution is 2.84. The van der Waals surface area contributed by atoms with Crippen LogP contribution in [-0.2, 0) is 51.4 Å². The molecular formula is C74H91NO9. The maximum absolute atomic E-state index is 15.9. The van der Waals surface area contributed by atoms with E-state index in [1.54, 1.807) is 6.08 Å². The summed E-state index contributed by atoms with van der Waals surface area (Å²) in [5.41, 5.74) is -1.92. The Morgan fingerprint density at radius 2 is 1.58 bits per heavy atom. The number of nitrogens with one attached hydrogen (secondary N) is 1. The summed E-state index contributed by atoms with van der Waals surface area (Å²) in [5.74, 6) is 7.38. The van der Waals surface area contributed by atoms with E-state index >= 15 is 20.1 Å². The highest BCUT2D eigenvalue weighted by atomic mass is 16.5. The number of hydrogen-bond acceptors (Lipinski definition) is 10. The zero-order valence-corrected chi connectivity index (χ0v) is 49.7. The number of carbonyl (C=O) groups is 2. The van der Waals surface area contributed by atoms with Gasteiger partial charge in [-0.25, -0.2) is 4.79 Å². The summed E-state index contributed by atoms with van der Waals surface area (Å²) in [4.78, 5) is 30.1. The minimum Gasteiger partial charge on any atom is -0.454 e. The van der Waals surface area contributed by atoms with Gasteiger partial charge in [0.05, 0.1) is 42.0 Å². The molecule has 0 amide bonds. The lowest BCUT2D eigenvalue weighted by molar-refractivity contribution is -0.379. The van der Waals surface area contributed by atoms with Crippen LogP contribution in [0.25, 0.3) is 0 Å². The van der Waals surface area contributed by atoms with Gasteiger partial charge in [-0.3, -0.25) is 0 Å². The summed E-state index contributed by atoms with van der Waals surface area (Å²) in [7, 11) is 1.94. The molecule has 0 radical (unpaired) electrons. The van der Waals surface area contributed by atoms with Crippen molar-refractivity contribution < 1.29 is 44.6 Å². The number of aldehydes is 1. The van der Waals surface area contributed by atoms with Crippen LogP contribution in [-0.4, -0.2) is 92.6 Å². The fraction of sp³-hybridized carbons (Fsp3) is 0.676. The van der Waals surface area contributed by atoms with Crippen molar-refractivity contribution in [2.24, 2.45) is 98.6 Å². The van der Waals surface area contributed by atoms with Gasteiger partial charge in [-0.15, -0.1) is 0 Å². The van der Waals surface area contributed by atoms with Crippen LogP contribution in [0.2, 0.25) is 0 Å². The first-order chi connectivity index (χ1) is 40.7. The fourth-order valence-electron chi connectivity index (χ4n) is 25.7. The van der Waals surface area contributed by atoms with Crippen LogP contribution in [0, 0.1) is 110 Å². The SMILES string of the molecule is CNC1Cc2c(cccc2CO)C#CCCC23CCC4C(O)(CC5CC6CCC7C8OC(Cc9cccc(c9)CC9CCC(C9)C6C)C6CCC9C(CCc%10ccccc%10)CC6C98CC4(C=O)C57O)C2(O)CC2CC1C1OC(=O)C=C1C23CO. The Hall–Kier alpha value is -4.18. The van der Waals surface area contributed by atoms with Gasteiger partial charge in [0, 0.05) is 58.1 Å². The molecule has 3 heterocycles. The molecule has 11 aliphatic carbocycles. The Kier molecular flexibility index (Phi) is 12.9. The normalized spacial score (nSPS) is 48.8. The Morgan fingerprint density at radius 1 is 0.786 bits per heavy atom. The number of likely N-dealkylation sites (N-methyl/N-ethyl adjacent to an activating group) is 1. The van der Waals surface area contributed by atoms with E-state index in [2.05, 4.69) is 78.7 Å². The van der Waals surface area contributed by atoms with Crippen LogP contribution in [0.3, 0.4) is 0 Å². The summed E-state index contributed by atoms with van der Waals surface area (Å²) in [6.07, 6.45) is 18.3. The number of hydrogen-bond donors (Lipinski definition) is 6. The third kappa shape index (κ3) is 7.13. The number of carbonyl (C=O) groups excluding carboxylic acids is 2. The van der Waals surface area contributed by atoms with E-state index in [9.17, 15) is 15.0 Å². The van der Waals surface area contributed by atoms with E-state index < -0.39 is 62.4 Å². The van der Waals surface area contributed by atoms with E-state index in [1.165, 1.54) is 42.2 Å². The van der Waals surface area contributed by atoms with Crippen molar-refractivity contribution in [1.82, 2.24) is 5.32 Å². The standard InChI is InChI=1S/C74H91NO9/c1-43-49-19-18-47(30-49)29-45-12-8-13-46(28-45)31-63-55-22-24-58-51(20-17-44-10-4-3-5-11-44)33-60(55)70(58)40-68(41-77)64-25-27-69-26-7-6-14-48-15-9-16-52(39-76)56(48)35-62(75-2)57-34-53(71(69,42-78)61-36-65(79)84-66(57)61)38-73(69,81)72(64,80)37-54-32-50(43)21-23-59(67(70)83-63)74(54,68)82/h3-5,8-13,15-16,28,36,41,43,47,49-51,53-55,57-60,62-64,66-67,75-76,78,80-82H,7,17-27,29-35,37-40,42H2,1-2H3. The van der Waals surface area contributed by atoms with Gasteiger partial charge in [0.2, 0.25) is 0 Å². The highest BCUT2D eigenvalue weighted by Gasteiger charge is 2.88. The lowest BCUT2D eigenvalue weighted by Crippen LogP contribution is -2.84. The van der Waals surface area contributed by atoms with E-state index in [-0.39, 0.29) is 85.7 Å². The van der Waals surface area contributed by atoms with E-state index in [0.29, 0.717) is 75.0 Å². The molecule has 24 unspecified atom stereocenters. The molecule has 14 aliphatic rings. The van der Waals surface area contributed by atoms with Crippen molar-refractivity contribution in [1.29, 1.82) is 0 Å². The number of aliphatic hydroxyl groups excluding tert-OH is 2. The number of esters is 1. The van der Waals surface area contributed by atoms with Crippen molar-refractivity contribution in [3.8, 4) is 11.8 Å². The third-order valence-electron chi connectivity index (χ3n) is 28.8. The van der Waals surface area contributed by atoms with Gasteiger partial charge >= 0.3 is 5.97 Å². The van der Waals surface area contributed by atoms with Crippen molar-refractivity contribution in [3.63, 3.8) is 0 Å². The quantitative estimate of drug-likeness (QED) is 0.0762. The molecular weight excluding hydrogens is 1050 g/mol. The first-order valence-corrected chi connectivity index (χ1v) is 33.5. The summed E-state index contributed by atoms with van der Waals surface area (Å²) >= 11 is 0. The molecule has 6 N–H and O–H groups in total. The summed E-state index contributed by atoms with van der Waals surface area (Å²) < 4.78 is 14.6. The van der Waals surface area contributed by atoms with E-state index in [4.69, 9.17) is 9.47 Å². The van der Waals surface area contributed by atoms with Gasteiger partial charge in [-0.1, -0.05) is 85.5 Å². The predicted molar refractivity (Wildman–Crippen MR) is 318 cm³/mol. The van der Waals surface area contributed by atoms with Crippen LogP contribution in [0.5, 0.6) is 0 Å². The monoisotopic (exact) mass is 1140 g/mol. The van der Waals surface area contributed by atoms with Crippen LogP contribution in [0.15, 0.2) is 84.4 Å². The summed E-state index contributed by atoms with van der Waals surface area (Å²) in [6, 6.07) is 26.1. The van der Waals surface area contributed by atoms with Gasteiger partial charge in [0.25, 0.3) is 0 Å². The van der Waals surface area contributed by atoms with Crippen LogP contribution in [0.4, 0.5) is 0 Å². The molecule has 2 spiro atoms. The lowest BCUT2D eigenvalue weighted by Gasteiger charge is -2.76. The number of benzene rings is 3. The Labute approximate surface area is 497 Å². The average molecular weight is 1140 g/mol. The van der Waals surface area contributed by atoms with Crippen molar-refractivity contribution in [3.05, 3.63) is 118 Å². The molecule has 3 aliphatic heterocycles. The fourth-order valence-corrected chi connectivity index (χ4v) is 25.7. The lowest BCUT2D eigenvalue weighted by atomic mass is 9.31. The van der Waals surface area contributed by atoms with Gasteiger partial charge in [0.15, 0.2) is 0 Å². The van der Waals surface area contributed by atoms with Gasteiger partial charge in [-0.05, 0) is 241 Å². The first kappa shape index (κ1) is 55.2. The zero-order valence-electron chi connectivity index (χ0n) is 49.7. The van der Waals surface area contributed by atoms with Crippen molar-refractivity contribution >= 4 is 12.3 Å². The molecule has 3 aromatic carbocycles. The van der Waals surface area contributed by atoms with Crippen LogP contribution >= 0.6 is 0 Å². The average Bonchev–Trinajstić information content (AvgIpc) is 1.26. The molecule has 16 bridgehead atoms. The Bertz CT molecular complexity index is 3220. The molecule has 0 aromatic heterocycles. The highest BCUT2D eigenvalue weighted by molar-refractivity contribution is 5.87. The first-order valence-electron chi connectivity index (χ1n) is 33.5. The smallest absolute Gasteiger partial charge is 0.331 e. The second-order valence-corrected chi connectivity index (χ2v) is 30.8. The topological polar surface area (TPSA) is 166 Å². The van der Waals surface area contributed by atoms with Gasteiger partial charge in [-0.2, -0.15) is 0 Å². The number of aliphatic hydroxyl groups is 5. The molecule has 9 saturated carbocycles. The second-order valence-electron chi connectivity index (χ2n) is 30.8. The van der Waals surface area contributed by atoms with Crippen molar-refractivity contribution in [2.45, 2.75) is 196 Å². The Morgan fingerprint density at radius 3 is 2.39 bits per heavy atom. The molecule has 3 aromatic rings. The number of rotatable bonds is 7. The number of fused-ring (bicyclic) bond motifs is 14. The minimum atomic E-state index is -1.86. The minimum absolute atomic E-state index is 0.0117. The summed E-state index contributed by atoms with van der Waals surface area (Å²) in [6.45, 7) is 2.01. The van der Waals surface area contributed by atoms with Crippen LogP contribution < -0.4 is 5.32 Å². The number of ether oxygens (including phenoxy) is 2. The molecule has 10 heteroatoms. The molecule has 10 fully saturated rings. The van der Waals surface area contributed by atoms with Gasteiger partial charge < -0.3 is 45.1 Å². The molecule has 446 valence electrons. The van der Waals surface area contributed by atoms with E-state index in [1.807, 2.05) is 25.2 Å². The molecule has 84 heavy (non-hydrogen) atoms. The predicted octanol–water partition coefficient (Wildman–Crippen LogP) is 9.84. The second kappa shape index (κ2) is 19.7. The maximum Gasteiger partial charge on any atom is 0.331 e. The largest absolute Gasteiger partial charge is 0.454 e. The Balaban J connectivity index is 0.887. The van der Waals surface area contributed by atoms with Crippen molar-refractivity contribution in [2.75, 3.05) is 13.7 Å². The molecule has 1 saturated heterocycles. The third-order valence-corrected chi connectivity index (χ3v) is 28.8.